The van der Waals surface area contributed by atoms with Gasteiger partial charge in [-0.05, 0) is 31.6 Å². The van der Waals surface area contributed by atoms with Gasteiger partial charge in [-0.3, -0.25) is 4.21 Å². The van der Waals surface area contributed by atoms with Gasteiger partial charge in [0.25, 0.3) is 0 Å². The third-order valence-corrected chi connectivity index (χ3v) is 5.05. The highest BCUT2D eigenvalue weighted by atomic mass is 32.2. The molecule has 2 N–H and O–H groups in total. The molecule has 1 rings (SSSR count). The van der Waals surface area contributed by atoms with Gasteiger partial charge in [-0.1, -0.05) is 6.92 Å². The standard InChI is InChI=1S/C11H23NO2S/c1-9-4-5-10(12)11(8-9)15(13)7-3-6-14-2/h9-11H,3-8,12H2,1-2H3. The monoisotopic (exact) mass is 233 g/mol. The fraction of sp³-hybridized carbons (Fsp3) is 1.00. The highest BCUT2D eigenvalue weighted by molar-refractivity contribution is 7.85. The molecule has 0 heterocycles. The zero-order valence-electron chi connectivity index (χ0n) is 9.78. The molecule has 0 radical (unpaired) electrons. The van der Waals surface area contributed by atoms with E-state index in [2.05, 4.69) is 6.92 Å². The first-order valence-corrected chi connectivity index (χ1v) is 7.15. The van der Waals surface area contributed by atoms with Crippen LogP contribution in [0.25, 0.3) is 0 Å². The molecule has 0 saturated heterocycles. The van der Waals surface area contributed by atoms with Crippen molar-refractivity contribution < 1.29 is 8.95 Å². The highest BCUT2D eigenvalue weighted by Gasteiger charge is 2.29. The molecular weight excluding hydrogens is 210 g/mol. The lowest BCUT2D eigenvalue weighted by molar-refractivity contribution is 0.199. The lowest BCUT2D eigenvalue weighted by atomic mass is 9.87. The molecule has 15 heavy (non-hydrogen) atoms. The van der Waals surface area contributed by atoms with Gasteiger partial charge in [0.15, 0.2) is 0 Å². The normalized spacial score (nSPS) is 33.9. The number of nitrogens with two attached hydrogens (primary N) is 1. The summed E-state index contributed by atoms with van der Waals surface area (Å²) in [5.41, 5.74) is 6.02. The van der Waals surface area contributed by atoms with E-state index in [-0.39, 0.29) is 11.3 Å². The van der Waals surface area contributed by atoms with E-state index < -0.39 is 10.8 Å². The lowest BCUT2D eigenvalue weighted by Gasteiger charge is -2.31. The van der Waals surface area contributed by atoms with Gasteiger partial charge in [-0.25, -0.2) is 0 Å². The summed E-state index contributed by atoms with van der Waals surface area (Å²) in [4.78, 5) is 0. The molecule has 0 aromatic heterocycles. The third kappa shape index (κ3) is 4.21. The van der Waals surface area contributed by atoms with Gasteiger partial charge < -0.3 is 10.5 Å². The molecule has 0 spiro atoms. The zero-order chi connectivity index (χ0) is 11.3. The average Bonchev–Trinajstić information content (AvgIpc) is 2.22. The topological polar surface area (TPSA) is 52.3 Å². The quantitative estimate of drug-likeness (QED) is 0.728. The predicted octanol–water partition coefficient (Wildman–Crippen LogP) is 1.29. The van der Waals surface area contributed by atoms with E-state index in [9.17, 15) is 4.21 Å². The molecule has 3 nitrogen and oxygen atoms in total. The Labute approximate surface area is 95.2 Å². The van der Waals surface area contributed by atoms with E-state index in [1.165, 1.54) is 6.42 Å². The van der Waals surface area contributed by atoms with E-state index in [1.807, 2.05) is 0 Å². The maximum Gasteiger partial charge on any atom is 0.0501 e. The van der Waals surface area contributed by atoms with Crippen molar-refractivity contribution in [1.29, 1.82) is 0 Å². The Bertz CT molecular complexity index is 211. The van der Waals surface area contributed by atoms with Crippen LogP contribution in [-0.4, -0.2) is 35.0 Å². The smallest absolute Gasteiger partial charge is 0.0501 e. The van der Waals surface area contributed by atoms with Gasteiger partial charge >= 0.3 is 0 Å². The fourth-order valence-electron chi connectivity index (χ4n) is 2.15. The minimum atomic E-state index is -0.764. The Morgan fingerprint density at radius 2 is 2.20 bits per heavy atom. The third-order valence-electron chi connectivity index (χ3n) is 3.14. The van der Waals surface area contributed by atoms with Gasteiger partial charge in [0, 0.05) is 36.3 Å². The van der Waals surface area contributed by atoms with Crippen LogP contribution in [-0.2, 0) is 15.5 Å². The molecule has 1 saturated carbocycles. The molecule has 0 aromatic carbocycles. The number of hydrogen-bond acceptors (Lipinski definition) is 3. The molecule has 1 aliphatic carbocycles. The Balaban J connectivity index is 2.35. The minimum Gasteiger partial charge on any atom is -0.385 e. The van der Waals surface area contributed by atoms with Crippen molar-refractivity contribution in [3.63, 3.8) is 0 Å². The molecule has 0 amide bonds. The molecule has 4 unspecified atom stereocenters. The Morgan fingerprint density at radius 3 is 2.87 bits per heavy atom. The number of ether oxygens (including phenoxy) is 1. The van der Waals surface area contributed by atoms with Crippen molar-refractivity contribution in [2.24, 2.45) is 11.7 Å². The van der Waals surface area contributed by atoms with Gasteiger partial charge in [0.05, 0.1) is 5.25 Å². The van der Waals surface area contributed by atoms with Crippen molar-refractivity contribution in [2.75, 3.05) is 19.5 Å². The molecule has 1 fully saturated rings. The number of rotatable bonds is 5. The molecule has 0 bridgehead atoms. The van der Waals surface area contributed by atoms with Crippen LogP contribution in [0, 0.1) is 5.92 Å². The average molecular weight is 233 g/mol. The van der Waals surface area contributed by atoms with Gasteiger partial charge in [0.2, 0.25) is 0 Å². The summed E-state index contributed by atoms with van der Waals surface area (Å²) in [5, 5.41) is 0.214. The number of hydrogen-bond donors (Lipinski definition) is 1. The van der Waals surface area contributed by atoms with Crippen LogP contribution in [0.2, 0.25) is 0 Å². The summed E-state index contributed by atoms with van der Waals surface area (Å²) in [7, 11) is 0.914. The molecule has 1 aliphatic rings. The zero-order valence-corrected chi connectivity index (χ0v) is 10.6. The van der Waals surface area contributed by atoms with Crippen molar-refractivity contribution in [1.82, 2.24) is 0 Å². The first-order valence-electron chi connectivity index (χ1n) is 5.76. The fourth-order valence-corrected chi connectivity index (χ4v) is 3.93. The Hall–Kier alpha value is 0.0700. The van der Waals surface area contributed by atoms with Crippen LogP contribution in [0.1, 0.15) is 32.6 Å². The van der Waals surface area contributed by atoms with Crippen LogP contribution < -0.4 is 5.73 Å². The van der Waals surface area contributed by atoms with E-state index in [0.717, 1.165) is 25.0 Å². The minimum absolute atomic E-state index is 0.143. The van der Waals surface area contributed by atoms with Crippen LogP contribution in [0.15, 0.2) is 0 Å². The van der Waals surface area contributed by atoms with Gasteiger partial charge in [-0.2, -0.15) is 0 Å². The summed E-state index contributed by atoms with van der Waals surface area (Å²) in [5.74, 6) is 1.42. The second-order valence-corrected chi connectivity index (χ2v) is 6.33. The van der Waals surface area contributed by atoms with Crippen LogP contribution in [0.4, 0.5) is 0 Å². The van der Waals surface area contributed by atoms with Crippen molar-refractivity contribution in [3.8, 4) is 0 Å². The number of methoxy groups -OCH3 is 1. The Morgan fingerprint density at radius 1 is 1.47 bits per heavy atom. The second-order valence-electron chi connectivity index (χ2n) is 4.55. The summed E-state index contributed by atoms with van der Waals surface area (Å²) in [6.07, 6.45) is 4.12. The van der Waals surface area contributed by atoms with E-state index >= 15 is 0 Å². The van der Waals surface area contributed by atoms with E-state index in [4.69, 9.17) is 10.5 Å². The lowest BCUT2D eigenvalue weighted by Crippen LogP contribution is -2.43. The molecule has 4 atom stereocenters. The van der Waals surface area contributed by atoms with E-state index in [1.54, 1.807) is 7.11 Å². The van der Waals surface area contributed by atoms with E-state index in [0.29, 0.717) is 12.5 Å². The molecule has 90 valence electrons. The highest BCUT2D eigenvalue weighted by Crippen LogP contribution is 2.26. The predicted molar refractivity (Wildman–Crippen MR) is 64.3 cm³/mol. The largest absolute Gasteiger partial charge is 0.385 e. The molecule has 4 heteroatoms. The van der Waals surface area contributed by atoms with Crippen molar-refractivity contribution in [2.45, 2.75) is 43.9 Å². The first kappa shape index (κ1) is 13.1. The van der Waals surface area contributed by atoms with Gasteiger partial charge in [-0.15, -0.1) is 0 Å². The Kier molecular flexibility index (Phi) is 5.79. The van der Waals surface area contributed by atoms with Crippen molar-refractivity contribution in [3.05, 3.63) is 0 Å². The SMILES string of the molecule is COCCCS(=O)C1CC(C)CCC1N. The van der Waals surface area contributed by atoms with Crippen LogP contribution in [0.5, 0.6) is 0 Å². The van der Waals surface area contributed by atoms with Crippen LogP contribution in [0.3, 0.4) is 0 Å². The molecular formula is C11H23NO2S. The van der Waals surface area contributed by atoms with Crippen molar-refractivity contribution >= 4 is 10.8 Å². The first-order chi connectivity index (χ1) is 7.15. The summed E-state index contributed by atoms with van der Waals surface area (Å²) in [6.45, 7) is 2.93. The molecule has 0 aliphatic heterocycles. The summed E-state index contributed by atoms with van der Waals surface area (Å²) >= 11 is 0. The second kappa shape index (κ2) is 6.61. The van der Waals surface area contributed by atoms with Gasteiger partial charge in [0.1, 0.15) is 0 Å². The summed E-state index contributed by atoms with van der Waals surface area (Å²) < 4.78 is 17.0. The maximum absolute atomic E-state index is 12.0. The maximum atomic E-state index is 12.0. The van der Waals surface area contributed by atoms with Crippen LogP contribution >= 0.6 is 0 Å². The molecule has 0 aromatic rings. The summed E-state index contributed by atoms with van der Waals surface area (Å²) in [6, 6.07) is 0.143.